The summed E-state index contributed by atoms with van der Waals surface area (Å²) in [6, 6.07) is 6.95. The number of carbonyl (C=O) groups is 2. The van der Waals surface area contributed by atoms with Crippen LogP contribution in [0.2, 0.25) is 5.02 Å². The first-order valence-electron chi connectivity index (χ1n) is 9.61. The first kappa shape index (κ1) is 20.3. The standard InChI is InChI=1S/C21H25ClN4O2/c1-15-8-11-26(21(28)16-2-4-17(22)5-3-16)19(12-15)14-25-20(27)7-6-18-13-23-9-10-24-18/h2-5,9-10,13,15,19H,6-8,11-12,14H2,1H3,(H,25,27)/t15-,19+/m1/s1. The van der Waals surface area contributed by atoms with Crippen LogP contribution in [0.3, 0.4) is 0 Å². The number of piperidine rings is 1. The summed E-state index contributed by atoms with van der Waals surface area (Å²) >= 11 is 5.93. The molecule has 0 radical (unpaired) electrons. The number of halogens is 1. The molecule has 148 valence electrons. The number of likely N-dealkylation sites (tertiary alicyclic amines) is 1. The normalized spacial score (nSPS) is 19.3. The zero-order valence-electron chi connectivity index (χ0n) is 16.0. The minimum Gasteiger partial charge on any atom is -0.354 e. The van der Waals surface area contributed by atoms with Crippen molar-refractivity contribution in [2.75, 3.05) is 13.1 Å². The van der Waals surface area contributed by atoms with Crippen molar-refractivity contribution in [3.8, 4) is 0 Å². The fraction of sp³-hybridized carbons (Fsp3) is 0.429. The van der Waals surface area contributed by atoms with E-state index in [9.17, 15) is 9.59 Å². The second kappa shape index (κ2) is 9.64. The molecule has 0 unspecified atom stereocenters. The summed E-state index contributed by atoms with van der Waals surface area (Å²) in [5.41, 5.74) is 1.42. The maximum absolute atomic E-state index is 12.9. The molecule has 2 atom stereocenters. The average Bonchev–Trinajstić information content (AvgIpc) is 2.71. The number of aryl methyl sites for hydroxylation is 1. The Morgan fingerprint density at radius 2 is 2.04 bits per heavy atom. The highest BCUT2D eigenvalue weighted by molar-refractivity contribution is 6.30. The fourth-order valence-corrected chi connectivity index (χ4v) is 3.62. The summed E-state index contributed by atoms with van der Waals surface area (Å²) in [5, 5.41) is 3.59. The summed E-state index contributed by atoms with van der Waals surface area (Å²) in [4.78, 5) is 35.3. The van der Waals surface area contributed by atoms with E-state index in [4.69, 9.17) is 11.6 Å². The molecule has 0 bridgehead atoms. The van der Waals surface area contributed by atoms with E-state index in [0.29, 0.717) is 42.4 Å². The van der Waals surface area contributed by atoms with Gasteiger partial charge in [-0.15, -0.1) is 0 Å². The van der Waals surface area contributed by atoms with E-state index < -0.39 is 0 Å². The Balaban J connectivity index is 1.56. The van der Waals surface area contributed by atoms with Gasteiger partial charge in [0, 0.05) is 54.7 Å². The van der Waals surface area contributed by atoms with E-state index in [-0.39, 0.29) is 17.9 Å². The Bertz CT molecular complexity index is 798. The molecule has 0 saturated carbocycles. The molecular formula is C21H25ClN4O2. The molecule has 3 rings (SSSR count). The van der Waals surface area contributed by atoms with Gasteiger partial charge < -0.3 is 10.2 Å². The Hall–Kier alpha value is -2.47. The Morgan fingerprint density at radius 3 is 2.75 bits per heavy atom. The molecule has 7 heteroatoms. The van der Waals surface area contributed by atoms with Gasteiger partial charge in [0.1, 0.15) is 0 Å². The van der Waals surface area contributed by atoms with Gasteiger partial charge >= 0.3 is 0 Å². The van der Waals surface area contributed by atoms with Crippen LogP contribution in [0.25, 0.3) is 0 Å². The highest BCUT2D eigenvalue weighted by Gasteiger charge is 2.30. The monoisotopic (exact) mass is 400 g/mol. The van der Waals surface area contributed by atoms with Gasteiger partial charge in [-0.1, -0.05) is 18.5 Å². The van der Waals surface area contributed by atoms with Crippen molar-refractivity contribution in [2.45, 2.75) is 38.6 Å². The van der Waals surface area contributed by atoms with Gasteiger partial charge in [0.25, 0.3) is 5.91 Å². The van der Waals surface area contributed by atoms with Crippen LogP contribution in [0, 0.1) is 5.92 Å². The van der Waals surface area contributed by atoms with Crippen LogP contribution in [-0.2, 0) is 11.2 Å². The number of hydrogen-bond acceptors (Lipinski definition) is 4. The van der Waals surface area contributed by atoms with Gasteiger partial charge in [0.15, 0.2) is 0 Å². The third-order valence-corrected chi connectivity index (χ3v) is 5.34. The summed E-state index contributed by atoms with van der Waals surface area (Å²) in [5.74, 6) is 0.473. The van der Waals surface area contributed by atoms with E-state index in [1.807, 2.05) is 4.90 Å². The maximum Gasteiger partial charge on any atom is 0.254 e. The smallest absolute Gasteiger partial charge is 0.254 e. The van der Waals surface area contributed by atoms with E-state index >= 15 is 0 Å². The van der Waals surface area contributed by atoms with E-state index in [0.717, 1.165) is 18.5 Å². The largest absolute Gasteiger partial charge is 0.354 e. The summed E-state index contributed by atoms with van der Waals surface area (Å²) < 4.78 is 0. The minimum atomic E-state index is -0.0391. The van der Waals surface area contributed by atoms with Crippen LogP contribution in [0.4, 0.5) is 0 Å². The summed E-state index contributed by atoms with van der Waals surface area (Å²) in [7, 11) is 0. The first-order chi connectivity index (χ1) is 13.5. The van der Waals surface area contributed by atoms with Crippen molar-refractivity contribution in [1.29, 1.82) is 0 Å². The third kappa shape index (κ3) is 5.52. The van der Waals surface area contributed by atoms with Crippen molar-refractivity contribution in [3.05, 3.63) is 59.1 Å². The third-order valence-electron chi connectivity index (χ3n) is 5.09. The molecule has 1 N–H and O–H groups in total. The lowest BCUT2D eigenvalue weighted by molar-refractivity contribution is -0.121. The molecule has 2 aromatic rings. The molecule has 1 saturated heterocycles. The lowest BCUT2D eigenvalue weighted by atomic mass is 9.91. The molecule has 28 heavy (non-hydrogen) atoms. The Labute approximate surface area is 170 Å². The van der Waals surface area contributed by atoms with Crippen LogP contribution in [0.5, 0.6) is 0 Å². The number of carbonyl (C=O) groups excluding carboxylic acids is 2. The minimum absolute atomic E-state index is 0.00704. The van der Waals surface area contributed by atoms with Crippen LogP contribution in [-0.4, -0.2) is 45.8 Å². The lowest BCUT2D eigenvalue weighted by Crippen LogP contribution is -2.51. The number of rotatable bonds is 6. The van der Waals surface area contributed by atoms with Gasteiger partial charge in [-0.05, 0) is 49.4 Å². The van der Waals surface area contributed by atoms with Gasteiger partial charge in [-0.2, -0.15) is 0 Å². The molecule has 1 aliphatic rings. The molecule has 0 aliphatic carbocycles. The topological polar surface area (TPSA) is 75.2 Å². The van der Waals surface area contributed by atoms with Crippen molar-refractivity contribution in [2.24, 2.45) is 5.92 Å². The van der Waals surface area contributed by atoms with E-state index in [1.54, 1.807) is 42.9 Å². The molecule has 1 aromatic carbocycles. The fourth-order valence-electron chi connectivity index (χ4n) is 3.49. The Morgan fingerprint density at radius 1 is 1.25 bits per heavy atom. The quantitative estimate of drug-likeness (QED) is 0.808. The average molecular weight is 401 g/mol. The van der Waals surface area contributed by atoms with Gasteiger partial charge in [-0.3, -0.25) is 19.6 Å². The highest BCUT2D eigenvalue weighted by atomic mass is 35.5. The van der Waals surface area contributed by atoms with E-state index in [2.05, 4.69) is 22.2 Å². The number of hydrogen-bond donors (Lipinski definition) is 1. The Kier molecular flexibility index (Phi) is 6.98. The van der Waals surface area contributed by atoms with Crippen LogP contribution in [0.1, 0.15) is 42.2 Å². The van der Waals surface area contributed by atoms with E-state index in [1.165, 1.54) is 0 Å². The van der Waals surface area contributed by atoms with Crippen LogP contribution < -0.4 is 5.32 Å². The second-order valence-corrected chi connectivity index (χ2v) is 7.73. The van der Waals surface area contributed by atoms with Gasteiger partial charge in [0.05, 0.1) is 5.69 Å². The van der Waals surface area contributed by atoms with Crippen molar-refractivity contribution < 1.29 is 9.59 Å². The predicted octanol–water partition coefficient (Wildman–Crippen LogP) is 3.12. The number of amides is 2. The first-order valence-corrected chi connectivity index (χ1v) is 9.99. The van der Waals surface area contributed by atoms with Crippen molar-refractivity contribution in [3.63, 3.8) is 0 Å². The number of benzene rings is 1. The van der Waals surface area contributed by atoms with Crippen molar-refractivity contribution >= 4 is 23.4 Å². The predicted molar refractivity (Wildman–Crippen MR) is 108 cm³/mol. The van der Waals surface area contributed by atoms with Gasteiger partial charge in [0.2, 0.25) is 5.91 Å². The molecule has 2 heterocycles. The van der Waals surface area contributed by atoms with Crippen LogP contribution in [0.15, 0.2) is 42.9 Å². The zero-order chi connectivity index (χ0) is 19.9. The number of nitrogens with one attached hydrogen (secondary N) is 1. The van der Waals surface area contributed by atoms with Gasteiger partial charge in [-0.25, -0.2) is 0 Å². The van der Waals surface area contributed by atoms with Crippen molar-refractivity contribution in [1.82, 2.24) is 20.2 Å². The molecular weight excluding hydrogens is 376 g/mol. The molecule has 2 amide bonds. The lowest BCUT2D eigenvalue weighted by Gasteiger charge is -2.38. The summed E-state index contributed by atoms with van der Waals surface area (Å²) in [6.07, 6.45) is 7.65. The second-order valence-electron chi connectivity index (χ2n) is 7.29. The molecule has 6 nitrogen and oxygen atoms in total. The van der Waals surface area contributed by atoms with Crippen LogP contribution >= 0.6 is 11.6 Å². The SMILES string of the molecule is C[C@@H]1CCN(C(=O)c2ccc(Cl)cc2)[C@H](CNC(=O)CCc2cnccn2)C1. The molecule has 1 aliphatic heterocycles. The maximum atomic E-state index is 12.9. The highest BCUT2D eigenvalue weighted by Crippen LogP contribution is 2.24. The number of nitrogens with zero attached hydrogens (tertiary/aromatic N) is 3. The molecule has 1 aromatic heterocycles. The summed E-state index contributed by atoms with van der Waals surface area (Å²) in [6.45, 7) is 3.35. The number of aromatic nitrogens is 2. The zero-order valence-corrected chi connectivity index (χ0v) is 16.7. The molecule has 1 fully saturated rings. The molecule has 0 spiro atoms.